The number of nitrogens with zero attached hydrogens (tertiary/aromatic N) is 1. The Morgan fingerprint density at radius 2 is 1.50 bits per heavy atom. The molecule has 4 aromatic rings. The van der Waals surface area contributed by atoms with Crippen LogP contribution < -0.4 is 29.1 Å². The summed E-state index contributed by atoms with van der Waals surface area (Å²) < 4.78 is 75.5. The van der Waals surface area contributed by atoms with Crippen LogP contribution in [0.4, 0.5) is 13.2 Å². The van der Waals surface area contributed by atoms with Crippen molar-refractivity contribution < 1.29 is 41.3 Å². The van der Waals surface area contributed by atoms with Crippen LogP contribution in [0, 0.1) is 0 Å². The molecule has 0 unspecified atom stereocenters. The molecule has 0 spiro atoms. The summed E-state index contributed by atoms with van der Waals surface area (Å²) in [4.78, 5) is 15.5. The van der Waals surface area contributed by atoms with E-state index in [2.05, 4.69) is 0 Å². The van der Waals surface area contributed by atoms with E-state index in [1.165, 1.54) is 52.7 Å². The fourth-order valence-electron chi connectivity index (χ4n) is 4.80. The van der Waals surface area contributed by atoms with E-state index >= 15 is 0 Å². The van der Waals surface area contributed by atoms with Crippen LogP contribution >= 0.6 is 0 Å². The first-order valence-electron chi connectivity index (χ1n) is 12.2. The molecule has 40 heavy (non-hydrogen) atoms. The quantitative estimate of drug-likeness (QED) is 0.279. The first kappa shape index (κ1) is 27.2. The van der Waals surface area contributed by atoms with Crippen LogP contribution in [0.2, 0.25) is 0 Å². The average molecular weight is 558 g/mol. The van der Waals surface area contributed by atoms with Crippen LogP contribution in [0.1, 0.15) is 16.9 Å². The van der Waals surface area contributed by atoms with Crippen molar-refractivity contribution in [2.24, 2.45) is 0 Å². The molecular formula is C29H26F3NO7. The van der Waals surface area contributed by atoms with Crippen LogP contribution in [0.3, 0.4) is 0 Å². The third kappa shape index (κ3) is 4.88. The molecule has 0 aliphatic carbocycles. The van der Waals surface area contributed by atoms with E-state index in [1.807, 2.05) is 17.0 Å². The summed E-state index contributed by atoms with van der Waals surface area (Å²) in [5.41, 5.74) is -0.384. The minimum absolute atomic E-state index is 0.00750. The lowest BCUT2D eigenvalue weighted by Crippen LogP contribution is -2.32. The SMILES string of the molecule is COc1ccc(CN2COc3ccc4c(=O)c(-c5ccc(OC)c(OC)c5)c(C(F)(F)F)oc4c3C2)cc1OC. The lowest BCUT2D eigenvalue weighted by molar-refractivity contribution is -0.152. The first-order valence-corrected chi connectivity index (χ1v) is 12.2. The zero-order valence-electron chi connectivity index (χ0n) is 22.2. The zero-order valence-corrected chi connectivity index (χ0v) is 22.2. The molecule has 0 saturated heterocycles. The summed E-state index contributed by atoms with van der Waals surface area (Å²) in [7, 11) is 5.83. The molecule has 1 aliphatic heterocycles. The maximum atomic E-state index is 14.3. The predicted octanol–water partition coefficient (Wildman–Crippen LogP) is 5.87. The Bertz CT molecular complexity index is 1630. The largest absolute Gasteiger partial charge is 0.493 e. The highest BCUT2D eigenvalue weighted by Gasteiger charge is 2.40. The van der Waals surface area contributed by atoms with Gasteiger partial charge < -0.3 is 28.1 Å². The zero-order chi connectivity index (χ0) is 28.6. The highest BCUT2D eigenvalue weighted by Crippen LogP contribution is 2.42. The summed E-state index contributed by atoms with van der Waals surface area (Å²) in [6.07, 6.45) is -4.95. The molecule has 5 rings (SSSR count). The Morgan fingerprint density at radius 1 is 0.850 bits per heavy atom. The molecule has 0 N–H and O–H groups in total. The standard InChI is InChI=1S/C29H26F3NO7/c1-35-21-8-5-16(11-23(21)37-3)13-33-14-19-20(39-15-33)10-7-18-26(34)25(28(29(30,31)32)40-27(18)19)17-6-9-22(36-2)24(12-17)38-4/h5-12H,13-15H2,1-4H3. The van der Waals surface area contributed by atoms with E-state index in [4.69, 9.17) is 28.1 Å². The Balaban J connectivity index is 1.60. The number of hydrogen-bond acceptors (Lipinski definition) is 8. The molecule has 2 heterocycles. The minimum Gasteiger partial charge on any atom is -0.493 e. The molecule has 1 aromatic heterocycles. The highest BCUT2D eigenvalue weighted by molar-refractivity contribution is 5.87. The molecule has 1 aliphatic rings. The van der Waals surface area contributed by atoms with E-state index in [0.717, 1.165) is 5.56 Å². The molecule has 3 aromatic carbocycles. The van der Waals surface area contributed by atoms with Gasteiger partial charge in [-0.1, -0.05) is 12.1 Å². The van der Waals surface area contributed by atoms with Gasteiger partial charge in [0.2, 0.25) is 11.2 Å². The summed E-state index contributed by atoms with van der Waals surface area (Å²) in [6, 6.07) is 12.6. The number of benzene rings is 3. The van der Waals surface area contributed by atoms with Crippen LogP contribution in [-0.4, -0.2) is 40.1 Å². The normalized spacial score (nSPS) is 13.5. The summed E-state index contributed by atoms with van der Waals surface area (Å²) >= 11 is 0. The van der Waals surface area contributed by atoms with Gasteiger partial charge in [0.05, 0.1) is 45.0 Å². The van der Waals surface area contributed by atoms with Crippen LogP contribution in [-0.2, 0) is 19.3 Å². The molecule has 0 radical (unpaired) electrons. The molecule has 0 amide bonds. The van der Waals surface area contributed by atoms with Gasteiger partial charge in [0.25, 0.3) is 0 Å². The van der Waals surface area contributed by atoms with Gasteiger partial charge in [-0.05, 0) is 47.5 Å². The topological polar surface area (TPSA) is 79.6 Å². The van der Waals surface area contributed by atoms with Crippen molar-refractivity contribution in [1.82, 2.24) is 4.90 Å². The molecule has 210 valence electrons. The van der Waals surface area contributed by atoms with E-state index in [-0.39, 0.29) is 35.6 Å². The van der Waals surface area contributed by atoms with Crippen molar-refractivity contribution in [3.05, 3.63) is 75.6 Å². The monoisotopic (exact) mass is 557 g/mol. The Morgan fingerprint density at radius 3 is 2.15 bits per heavy atom. The first-order chi connectivity index (χ1) is 19.2. The van der Waals surface area contributed by atoms with Gasteiger partial charge in [-0.3, -0.25) is 9.69 Å². The number of fused-ring (bicyclic) bond motifs is 3. The van der Waals surface area contributed by atoms with Crippen molar-refractivity contribution in [3.8, 4) is 39.9 Å². The van der Waals surface area contributed by atoms with Gasteiger partial charge in [0.15, 0.2) is 23.0 Å². The third-order valence-electron chi connectivity index (χ3n) is 6.69. The number of ether oxygens (including phenoxy) is 5. The van der Waals surface area contributed by atoms with Gasteiger partial charge in [0.1, 0.15) is 18.1 Å². The van der Waals surface area contributed by atoms with Gasteiger partial charge in [0, 0.05) is 13.1 Å². The fourth-order valence-corrected chi connectivity index (χ4v) is 4.80. The summed E-state index contributed by atoms with van der Waals surface area (Å²) in [5, 5.41) is 0.00750. The minimum atomic E-state index is -4.95. The van der Waals surface area contributed by atoms with E-state index in [9.17, 15) is 18.0 Å². The number of rotatable bonds is 7. The van der Waals surface area contributed by atoms with Gasteiger partial charge in [-0.2, -0.15) is 13.2 Å². The number of halogens is 3. The Labute approximate surface area is 227 Å². The Hall–Kier alpha value is -4.38. The van der Waals surface area contributed by atoms with E-state index in [0.29, 0.717) is 35.1 Å². The molecule has 0 bridgehead atoms. The predicted molar refractivity (Wildman–Crippen MR) is 140 cm³/mol. The maximum absolute atomic E-state index is 14.3. The van der Waals surface area contributed by atoms with Crippen molar-refractivity contribution in [2.75, 3.05) is 35.2 Å². The number of alkyl halides is 3. The van der Waals surface area contributed by atoms with Gasteiger partial charge >= 0.3 is 6.18 Å². The fraction of sp³-hybridized carbons (Fsp3) is 0.276. The van der Waals surface area contributed by atoms with Crippen molar-refractivity contribution in [2.45, 2.75) is 19.3 Å². The molecule has 11 heteroatoms. The highest BCUT2D eigenvalue weighted by atomic mass is 19.4. The number of methoxy groups -OCH3 is 4. The molecule has 0 atom stereocenters. The average Bonchev–Trinajstić information content (AvgIpc) is 2.96. The second-order valence-electron chi connectivity index (χ2n) is 9.07. The second-order valence-corrected chi connectivity index (χ2v) is 9.07. The summed E-state index contributed by atoms with van der Waals surface area (Å²) in [6.45, 7) is 0.778. The van der Waals surface area contributed by atoms with E-state index in [1.54, 1.807) is 12.1 Å². The molecular weight excluding hydrogens is 531 g/mol. The lowest BCUT2D eigenvalue weighted by atomic mass is 9.99. The maximum Gasteiger partial charge on any atom is 0.450 e. The van der Waals surface area contributed by atoms with Crippen LogP contribution in [0.5, 0.6) is 28.7 Å². The van der Waals surface area contributed by atoms with Crippen LogP contribution in [0.15, 0.2) is 57.7 Å². The third-order valence-corrected chi connectivity index (χ3v) is 6.69. The number of hydrogen-bond donors (Lipinski definition) is 0. The Kier molecular flexibility index (Phi) is 7.24. The molecule has 8 nitrogen and oxygen atoms in total. The lowest BCUT2D eigenvalue weighted by Gasteiger charge is -2.29. The van der Waals surface area contributed by atoms with Crippen molar-refractivity contribution in [1.29, 1.82) is 0 Å². The van der Waals surface area contributed by atoms with Gasteiger partial charge in [-0.25, -0.2) is 0 Å². The smallest absolute Gasteiger partial charge is 0.450 e. The van der Waals surface area contributed by atoms with Crippen LogP contribution in [0.25, 0.3) is 22.1 Å². The molecule has 0 fully saturated rings. The summed E-state index contributed by atoms with van der Waals surface area (Å²) in [5.74, 6) is 0.563. The molecule has 0 saturated carbocycles. The van der Waals surface area contributed by atoms with Gasteiger partial charge in [-0.15, -0.1) is 0 Å². The van der Waals surface area contributed by atoms with Crippen molar-refractivity contribution >= 4 is 11.0 Å². The van der Waals surface area contributed by atoms with E-state index < -0.39 is 22.9 Å². The van der Waals surface area contributed by atoms with Crippen molar-refractivity contribution in [3.63, 3.8) is 0 Å². The second kappa shape index (κ2) is 10.6.